The summed E-state index contributed by atoms with van der Waals surface area (Å²) in [4.78, 5) is 23.1. The van der Waals surface area contributed by atoms with Gasteiger partial charge in [-0.2, -0.15) is 0 Å². The van der Waals surface area contributed by atoms with Gasteiger partial charge in [0.1, 0.15) is 5.69 Å². The highest BCUT2D eigenvalue weighted by molar-refractivity contribution is 5.92. The van der Waals surface area contributed by atoms with Gasteiger partial charge in [-0.3, -0.25) is 9.78 Å². The highest BCUT2D eigenvalue weighted by Gasteiger charge is 2.30. The average molecular weight is 346 g/mol. The minimum atomic E-state index is -0.101. The van der Waals surface area contributed by atoms with Crippen molar-refractivity contribution in [2.45, 2.75) is 57.6 Å². The van der Waals surface area contributed by atoms with Gasteiger partial charge in [0.05, 0.1) is 12.3 Å². The monoisotopic (exact) mass is 346 g/mol. The maximum absolute atomic E-state index is 12.4. The lowest BCUT2D eigenvalue weighted by atomic mass is 9.83. The summed E-state index contributed by atoms with van der Waals surface area (Å²) in [5.74, 6) is 0.408. The van der Waals surface area contributed by atoms with E-state index in [9.17, 15) is 4.79 Å². The van der Waals surface area contributed by atoms with Gasteiger partial charge in [0.25, 0.3) is 5.91 Å². The molecule has 6 heteroatoms. The Balaban J connectivity index is 1.56. The number of nitrogens with zero attached hydrogens (tertiary/aromatic N) is 3. The summed E-state index contributed by atoms with van der Waals surface area (Å²) in [5.41, 5.74) is 0.404. The van der Waals surface area contributed by atoms with Crippen molar-refractivity contribution >= 4 is 5.91 Å². The fraction of sp³-hybridized carbons (Fsp3) is 0.737. The van der Waals surface area contributed by atoms with Gasteiger partial charge in [-0.15, -0.1) is 0 Å². The molecule has 3 atom stereocenters. The lowest BCUT2D eigenvalue weighted by Gasteiger charge is -2.39. The molecule has 2 heterocycles. The molecule has 0 bridgehead atoms. The summed E-state index contributed by atoms with van der Waals surface area (Å²) >= 11 is 0. The summed E-state index contributed by atoms with van der Waals surface area (Å²) in [5, 5.41) is 3.21. The van der Waals surface area contributed by atoms with E-state index in [1.165, 1.54) is 38.3 Å². The Morgan fingerprint density at radius 3 is 2.96 bits per heavy atom. The number of likely N-dealkylation sites (tertiary alicyclic amines) is 1. The topological polar surface area (TPSA) is 67.3 Å². The Morgan fingerprint density at radius 2 is 2.16 bits per heavy atom. The predicted octanol–water partition coefficient (Wildman–Crippen LogP) is 2.27. The largest absolute Gasteiger partial charge is 0.377 e. The second-order valence-corrected chi connectivity index (χ2v) is 7.19. The molecule has 1 aliphatic carbocycles. The van der Waals surface area contributed by atoms with Crippen molar-refractivity contribution < 1.29 is 9.53 Å². The van der Waals surface area contributed by atoms with Gasteiger partial charge < -0.3 is 15.0 Å². The highest BCUT2D eigenvalue weighted by Crippen LogP contribution is 2.27. The molecule has 0 unspecified atom stereocenters. The van der Waals surface area contributed by atoms with E-state index >= 15 is 0 Å². The Bertz CT molecular complexity index is 537. The van der Waals surface area contributed by atoms with Crippen molar-refractivity contribution in [2.75, 3.05) is 26.2 Å². The molecule has 138 valence electrons. The first-order valence-corrected chi connectivity index (χ1v) is 9.67. The van der Waals surface area contributed by atoms with Crippen LogP contribution < -0.4 is 5.32 Å². The first-order valence-electron chi connectivity index (χ1n) is 9.67. The number of ether oxygens (including phenoxy) is 1. The van der Waals surface area contributed by atoms with Crippen molar-refractivity contribution in [2.24, 2.45) is 5.92 Å². The molecular weight excluding hydrogens is 316 g/mol. The molecule has 2 aliphatic rings. The maximum Gasteiger partial charge on any atom is 0.271 e. The van der Waals surface area contributed by atoms with Crippen LogP contribution in [0.25, 0.3) is 0 Å². The summed E-state index contributed by atoms with van der Waals surface area (Å²) in [7, 11) is 0. The lowest BCUT2D eigenvalue weighted by Crippen LogP contribution is -2.49. The number of rotatable bonds is 6. The summed E-state index contributed by atoms with van der Waals surface area (Å²) in [6, 6.07) is 0.232. The molecule has 2 fully saturated rings. The van der Waals surface area contributed by atoms with Crippen LogP contribution in [-0.2, 0) is 4.74 Å². The molecule has 1 saturated carbocycles. The van der Waals surface area contributed by atoms with Gasteiger partial charge in [0, 0.05) is 38.1 Å². The van der Waals surface area contributed by atoms with E-state index in [1.54, 1.807) is 12.4 Å². The third-order valence-corrected chi connectivity index (χ3v) is 5.38. The number of nitrogens with one attached hydrogen (secondary N) is 1. The van der Waals surface area contributed by atoms with Crippen molar-refractivity contribution in [1.82, 2.24) is 20.2 Å². The third kappa shape index (κ3) is 5.22. The molecule has 1 aromatic rings. The molecule has 1 aliphatic heterocycles. The number of hydrogen-bond donors (Lipinski definition) is 1. The van der Waals surface area contributed by atoms with E-state index in [1.807, 2.05) is 0 Å². The molecule has 1 aromatic heterocycles. The molecular formula is C19H30N4O2. The smallest absolute Gasteiger partial charge is 0.271 e. The van der Waals surface area contributed by atoms with Gasteiger partial charge in [0.2, 0.25) is 0 Å². The average Bonchev–Trinajstić information content (AvgIpc) is 2.65. The minimum absolute atomic E-state index is 0.101. The normalized spacial score (nSPS) is 27.8. The first-order chi connectivity index (χ1) is 12.3. The van der Waals surface area contributed by atoms with Gasteiger partial charge >= 0.3 is 0 Å². The third-order valence-electron chi connectivity index (χ3n) is 5.38. The van der Waals surface area contributed by atoms with Gasteiger partial charge in [0.15, 0.2) is 0 Å². The molecule has 0 aromatic carbocycles. The minimum Gasteiger partial charge on any atom is -0.377 e. The van der Waals surface area contributed by atoms with Gasteiger partial charge in [-0.25, -0.2) is 4.98 Å². The van der Waals surface area contributed by atoms with Gasteiger partial charge in [-0.1, -0.05) is 12.8 Å². The fourth-order valence-corrected chi connectivity index (χ4v) is 4.16. The summed E-state index contributed by atoms with van der Waals surface area (Å²) in [6.45, 7) is 6.08. The van der Waals surface area contributed by atoms with E-state index in [-0.39, 0.29) is 11.9 Å². The van der Waals surface area contributed by atoms with Crippen LogP contribution in [-0.4, -0.2) is 59.2 Å². The Morgan fingerprint density at radius 1 is 1.28 bits per heavy atom. The molecule has 1 amide bonds. The van der Waals surface area contributed by atoms with Crippen LogP contribution in [0.2, 0.25) is 0 Å². The number of aromatic nitrogens is 2. The predicted molar refractivity (Wildman–Crippen MR) is 96.3 cm³/mol. The second-order valence-electron chi connectivity index (χ2n) is 7.19. The first kappa shape index (κ1) is 18.3. The van der Waals surface area contributed by atoms with Crippen LogP contribution >= 0.6 is 0 Å². The van der Waals surface area contributed by atoms with E-state index in [0.29, 0.717) is 17.7 Å². The summed E-state index contributed by atoms with van der Waals surface area (Å²) in [6.07, 6.45) is 12.1. The number of hydrogen-bond acceptors (Lipinski definition) is 5. The molecule has 1 saturated heterocycles. The Labute approximate surface area is 150 Å². The maximum atomic E-state index is 12.4. The van der Waals surface area contributed by atoms with Crippen LogP contribution in [0.5, 0.6) is 0 Å². The number of carbonyl (C=O) groups excluding carboxylic acids is 1. The Kier molecular flexibility index (Phi) is 6.76. The highest BCUT2D eigenvalue weighted by atomic mass is 16.5. The number of carbonyl (C=O) groups is 1. The molecule has 1 N–H and O–H groups in total. The SMILES string of the molecule is CCO[C@@H]1CCCN(C[C@@H]2CCCC[C@H]2NC(=O)c2cnccn2)C1. The van der Waals surface area contributed by atoms with Crippen LogP contribution in [0, 0.1) is 5.92 Å². The number of amides is 1. The zero-order chi connectivity index (χ0) is 17.5. The zero-order valence-electron chi connectivity index (χ0n) is 15.2. The van der Waals surface area contributed by atoms with Crippen molar-refractivity contribution in [3.05, 3.63) is 24.3 Å². The standard InChI is InChI=1S/C19H30N4O2/c1-2-25-16-7-5-11-23(14-16)13-15-6-3-4-8-17(15)22-19(24)18-12-20-9-10-21-18/h9-10,12,15-17H,2-8,11,13-14H2,1H3,(H,22,24)/t15-,16+,17+/m0/s1. The van der Waals surface area contributed by atoms with Crippen molar-refractivity contribution in [3.63, 3.8) is 0 Å². The van der Waals surface area contributed by atoms with E-state index in [0.717, 1.165) is 32.7 Å². The molecule has 0 spiro atoms. The van der Waals surface area contributed by atoms with Crippen LogP contribution in [0.4, 0.5) is 0 Å². The zero-order valence-corrected chi connectivity index (χ0v) is 15.2. The Hall–Kier alpha value is -1.53. The molecule has 6 nitrogen and oxygen atoms in total. The second kappa shape index (κ2) is 9.25. The molecule has 3 rings (SSSR count). The fourth-order valence-electron chi connectivity index (χ4n) is 4.16. The quantitative estimate of drug-likeness (QED) is 0.856. The number of piperidine rings is 1. The van der Waals surface area contributed by atoms with Crippen LogP contribution in [0.3, 0.4) is 0 Å². The van der Waals surface area contributed by atoms with E-state index in [4.69, 9.17) is 4.74 Å². The molecule has 25 heavy (non-hydrogen) atoms. The van der Waals surface area contributed by atoms with Crippen molar-refractivity contribution in [1.29, 1.82) is 0 Å². The van der Waals surface area contributed by atoms with Crippen LogP contribution in [0.1, 0.15) is 55.9 Å². The van der Waals surface area contributed by atoms with Crippen molar-refractivity contribution in [3.8, 4) is 0 Å². The van der Waals surface area contributed by atoms with Crippen LogP contribution in [0.15, 0.2) is 18.6 Å². The summed E-state index contributed by atoms with van der Waals surface area (Å²) < 4.78 is 5.82. The van der Waals surface area contributed by atoms with E-state index < -0.39 is 0 Å². The van der Waals surface area contributed by atoms with E-state index in [2.05, 4.69) is 27.1 Å². The lowest BCUT2D eigenvalue weighted by molar-refractivity contribution is -0.00151. The van der Waals surface area contributed by atoms with Gasteiger partial charge in [-0.05, 0) is 45.1 Å². The molecule has 0 radical (unpaired) electrons.